The lowest BCUT2D eigenvalue weighted by Gasteiger charge is -2.14. The third-order valence-corrected chi connectivity index (χ3v) is 3.70. The molecule has 0 heterocycles. The van der Waals surface area contributed by atoms with Gasteiger partial charge in [-0.3, -0.25) is 4.79 Å². The smallest absolute Gasteiger partial charge is 0.328 e. The minimum Gasteiger partial charge on any atom is -0.459 e. The van der Waals surface area contributed by atoms with E-state index in [1.165, 1.54) is 0 Å². The van der Waals surface area contributed by atoms with E-state index in [2.05, 4.69) is 5.32 Å². The van der Waals surface area contributed by atoms with E-state index in [9.17, 15) is 9.59 Å². The van der Waals surface area contributed by atoms with Crippen molar-refractivity contribution in [3.63, 3.8) is 0 Å². The number of esters is 1. The van der Waals surface area contributed by atoms with E-state index in [-0.39, 0.29) is 6.61 Å². The van der Waals surface area contributed by atoms with Gasteiger partial charge in [-0.15, -0.1) is 0 Å². The Morgan fingerprint density at radius 2 is 1.74 bits per heavy atom. The van der Waals surface area contributed by atoms with Crippen LogP contribution in [-0.2, 0) is 16.1 Å². The zero-order valence-electron chi connectivity index (χ0n) is 12.4. The van der Waals surface area contributed by atoms with Crippen LogP contribution in [0.5, 0.6) is 0 Å². The summed E-state index contributed by atoms with van der Waals surface area (Å²) in [6, 6.07) is 12.8. The van der Waals surface area contributed by atoms with Gasteiger partial charge in [0.1, 0.15) is 12.6 Å². The number of ether oxygens (including phenoxy) is 1. The Morgan fingerprint density at radius 1 is 1.09 bits per heavy atom. The van der Waals surface area contributed by atoms with E-state index in [0.717, 1.165) is 5.56 Å². The third-order valence-electron chi connectivity index (χ3n) is 3.11. The average molecular weight is 352 g/mol. The molecule has 0 aliphatic carbocycles. The molecule has 2 aromatic rings. The molecule has 120 valence electrons. The highest BCUT2D eigenvalue weighted by Gasteiger charge is 2.19. The summed E-state index contributed by atoms with van der Waals surface area (Å²) in [6.45, 7) is 1.67. The highest BCUT2D eigenvalue weighted by Crippen LogP contribution is 2.15. The summed E-state index contributed by atoms with van der Waals surface area (Å²) < 4.78 is 5.17. The highest BCUT2D eigenvalue weighted by atomic mass is 35.5. The van der Waals surface area contributed by atoms with Crippen LogP contribution in [0.4, 0.5) is 0 Å². The average Bonchev–Trinajstić information content (AvgIpc) is 2.54. The fourth-order valence-corrected chi connectivity index (χ4v) is 2.19. The Kier molecular flexibility index (Phi) is 6.02. The monoisotopic (exact) mass is 351 g/mol. The number of amides is 1. The van der Waals surface area contributed by atoms with Crippen LogP contribution in [0.1, 0.15) is 22.8 Å². The van der Waals surface area contributed by atoms with Gasteiger partial charge in [-0.1, -0.05) is 47.5 Å². The molecule has 0 aliphatic rings. The second kappa shape index (κ2) is 7.99. The van der Waals surface area contributed by atoms with Gasteiger partial charge in [0.15, 0.2) is 0 Å². The Morgan fingerprint density at radius 3 is 2.39 bits per heavy atom. The summed E-state index contributed by atoms with van der Waals surface area (Å²) in [6.07, 6.45) is 0. The lowest BCUT2D eigenvalue weighted by Crippen LogP contribution is -2.39. The topological polar surface area (TPSA) is 55.4 Å². The van der Waals surface area contributed by atoms with Crippen LogP contribution in [-0.4, -0.2) is 17.9 Å². The molecule has 0 aliphatic heterocycles. The first-order valence-electron chi connectivity index (χ1n) is 6.94. The van der Waals surface area contributed by atoms with Crippen LogP contribution in [0.3, 0.4) is 0 Å². The summed E-state index contributed by atoms with van der Waals surface area (Å²) in [7, 11) is 0. The van der Waals surface area contributed by atoms with Crippen LogP contribution >= 0.6 is 23.2 Å². The first-order chi connectivity index (χ1) is 11.0. The first kappa shape index (κ1) is 17.3. The number of rotatable bonds is 5. The standard InChI is InChI=1S/C17H15Cl2NO3/c1-11(20-16(21)14-4-2-3-5-15(14)19)17(22)23-10-12-6-8-13(18)9-7-12/h2-9,11H,10H2,1H3,(H,20,21)/t11-/m0/s1. The van der Waals surface area contributed by atoms with Crippen LogP contribution in [0.2, 0.25) is 10.0 Å². The molecule has 1 amide bonds. The summed E-state index contributed by atoms with van der Waals surface area (Å²) in [5.41, 5.74) is 1.12. The second-order valence-electron chi connectivity index (χ2n) is 4.91. The van der Waals surface area contributed by atoms with Gasteiger partial charge < -0.3 is 10.1 Å². The molecule has 1 N–H and O–H groups in total. The minimum absolute atomic E-state index is 0.113. The molecule has 0 saturated carbocycles. The lowest BCUT2D eigenvalue weighted by molar-refractivity contribution is -0.146. The maximum absolute atomic E-state index is 12.1. The fraction of sp³-hybridized carbons (Fsp3) is 0.176. The van der Waals surface area contributed by atoms with Gasteiger partial charge in [0, 0.05) is 5.02 Å². The quantitative estimate of drug-likeness (QED) is 0.832. The molecule has 1 atom stereocenters. The predicted octanol–water partition coefficient (Wildman–Crippen LogP) is 3.86. The van der Waals surface area contributed by atoms with Crippen molar-refractivity contribution < 1.29 is 14.3 Å². The van der Waals surface area contributed by atoms with Gasteiger partial charge in [-0.05, 0) is 36.8 Å². The zero-order valence-corrected chi connectivity index (χ0v) is 13.9. The molecular formula is C17H15Cl2NO3. The molecule has 6 heteroatoms. The predicted molar refractivity (Wildman–Crippen MR) is 89.6 cm³/mol. The lowest BCUT2D eigenvalue weighted by atomic mass is 10.2. The van der Waals surface area contributed by atoms with E-state index < -0.39 is 17.9 Å². The number of hydrogen-bond donors (Lipinski definition) is 1. The van der Waals surface area contributed by atoms with Gasteiger partial charge in [-0.2, -0.15) is 0 Å². The Bertz CT molecular complexity index is 701. The van der Waals surface area contributed by atoms with Crippen LogP contribution in [0, 0.1) is 0 Å². The number of nitrogens with one attached hydrogen (secondary N) is 1. The van der Waals surface area contributed by atoms with Crippen molar-refractivity contribution in [1.82, 2.24) is 5.32 Å². The second-order valence-corrected chi connectivity index (χ2v) is 5.75. The third kappa shape index (κ3) is 4.98. The van der Waals surface area contributed by atoms with E-state index in [1.54, 1.807) is 55.5 Å². The Labute approximate surface area is 144 Å². The van der Waals surface area contributed by atoms with E-state index in [4.69, 9.17) is 27.9 Å². The fourth-order valence-electron chi connectivity index (χ4n) is 1.84. The van der Waals surface area contributed by atoms with Gasteiger partial charge >= 0.3 is 5.97 Å². The Balaban J connectivity index is 1.88. The minimum atomic E-state index is -0.786. The molecule has 0 bridgehead atoms. The zero-order chi connectivity index (χ0) is 16.8. The number of carbonyl (C=O) groups excluding carboxylic acids is 2. The number of halogens is 2. The van der Waals surface area contributed by atoms with Crippen LogP contribution in [0.15, 0.2) is 48.5 Å². The van der Waals surface area contributed by atoms with Crippen molar-refractivity contribution in [1.29, 1.82) is 0 Å². The van der Waals surface area contributed by atoms with Crippen molar-refractivity contribution in [2.45, 2.75) is 19.6 Å². The molecule has 0 fully saturated rings. The molecule has 4 nitrogen and oxygen atoms in total. The van der Waals surface area contributed by atoms with Crippen molar-refractivity contribution >= 4 is 35.1 Å². The largest absolute Gasteiger partial charge is 0.459 e. The number of hydrogen-bond acceptors (Lipinski definition) is 3. The van der Waals surface area contributed by atoms with Gasteiger partial charge in [0.25, 0.3) is 5.91 Å². The van der Waals surface area contributed by atoms with Crippen molar-refractivity contribution in [3.8, 4) is 0 Å². The molecule has 2 rings (SSSR count). The summed E-state index contributed by atoms with van der Waals surface area (Å²) in [5, 5.41) is 3.50. The number of carbonyl (C=O) groups is 2. The van der Waals surface area contributed by atoms with Gasteiger partial charge in [0.2, 0.25) is 0 Å². The molecule has 0 radical (unpaired) electrons. The summed E-state index contributed by atoms with van der Waals surface area (Å²) in [5.74, 6) is -0.952. The Hall–Kier alpha value is -2.04. The molecule has 0 unspecified atom stereocenters. The molecule has 0 aromatic heterocycles. The van der Waals surface area contributed by atoms with Gasteiger partial charge in [0.05, 0.1) is 10.6 Å². The van der Waals surface area contributed by atoms with Crippen LogP contribution < -0.4 is 5.32 Å². The SMILES string of the molecule is C[C@H](NC(=O)c1ccccc1Cl)C(=O)OCc1ccc(Cl)cc1. The molecule has 2 aromatic carbocycles. The molecule has 0 saturated heterocycles. The molecular weight excluding hydrogens is 337 g/mol. The van der Waals surface area contributed by atoms with E-state index in [0.29, 0.717) is 15.6 Å². The highest BCUT2D eigenvalue weighted by molar-refractivity contribution is 6.33. The van der Waals surface area contributed by atoms with E-state index in [1.807, 2.05) is 0 Å². The first-order valence-corrected chi connectivity index (χ1v) is 7.69. The summed E-state index contributed by atoms with van der Waals surface area (Å²) in [4.78, 5) is 24.0. The molecule has 0 spiro atoms. The van der Waals surface area contributed by atoms with Crippen molar-refractivity contribution in [3.05, 3.63) is 69.7 Å². The van der Waals surface area contributed by atoms with E-state index >= 15 is 0 Å². The maximum Gasteiger partial charge on any atom is 0.328 e. The van der Waals surface area contributed by atoms with Crippen molar-refractivity contribution in [2.24, 2.45) is 0 Å². The number of benzene rings is 2. The molecule has 23 heavy (non-hydrogen) atoms. The van der Waals surface area contributed by atoms with Crippen LogP contribution in [0.25, 0.3) is 0 Å². The normalized spacial score (nSPS) is 11.6. The van der Waals surface area contributed by atoms with Crippen molar-refractivity contribution in [2.75, 3.05) is 0 Å². The van der Waals surface area contributed by atoms with Gasteiger partial charge in [-0.25, -0.2) is 4.79 Å². The summed E-state index contributed by atoms with van der Waals surface area (Å²) >= 11 is 11.7. The maximum atomic E-state index is 12.1.